The van der Waals surface area contributed by atoms with E-state index >= 15 is 0 Å². The molecule has 4 heteroatoms. The highest BCUT2D eigenvalue weighted by molar-refractivity contribution is 6.31. The van der Waals surface area contributed by atoms with Crippen LogP contribution in [0.3, 0.4) is 0 Å². The molecule has 108 valence electrons. The summed E-state index contributed by atoms with van der Waals surface area (Å²) in [5.74, 6) is 0.368. The van der Waals surface area contributed by atoms with Crippen LogP contribution in [0.5, 0.6) is 0 Å². The predicted molar refractivity (Wildman–Crippen MR) is 84.2 cm³/mol. The minimum atomic E-state index is 0.368. The van der Waals surface area contributed by atoms with Crippen LogP contribution in [0.15, 0.2) is 30.3 Å². The fourth-order valence-electron chi connectivity index (χ4n) is 2.55. The van der Waals surface area contributed by atoms with Gasteiger partial charge in [0.1, 0.15) is 0 Å². The molecule has 0 amide bonds. The number of hydrogen-bond donors (Lipinski definition) is 1. The summed E-state index contributed by atoms with van der Waals surface area (Å²) >= 11 is 6.39. The summed E-state index contributed by atoms with van der Waals surface area (Å²) in [5.41, 5.74) is 9.31. The number of nitrogens with two attached hydrogens (primary N) is 1. The Morgan fingerprint density at radius 2 is 2.00 bits per heavy atom. The summed E-state index contributed by atoms with van der Waals surface area (Å²) in [4.78, 5) is 0. The van der Waals surface area contributed by atoms with E-state index in [9.17, 15) is 0 Å². The van der Waals surface area contributed by atoms with E-state index in [1.165, 1.54) is 5.56 Å². The van der Waals surface area contributed by atoms with Crippen LogP contribution in [0.1, 0.15) is 36.2 Å². The first-order valence-corrected chi connectivity index (χ1v) is 7.50. The molecule has 2 aromatic rings. The molecule has 1 unspecified atom stereocenters. The Balaban J connectivity index is 2.09. The SMILES string of the molecule is CCc1nn(C)c(CCC(CN)c2ccccc2)c1Cl. The van der Waals surface area contributed by atoms with E-state index in [0.717, 1.165) is 35.7 Å². The average Bonchev–Trinajstić information content (AvgIpc) is 2.76. The van der Waals surface area contributed by atoms with Crippen molar-refractivity contribution in [3.63, 3.8) is 0 Å². The number of aryl methyl sites for hydroxylation is 2. The summed E-state index contributed by atoms with van der Waals surface area (Å²) in [6.07, 6.45) is 2.76. The normalized spacial score (nSPS) is 12.6. The van der Waals surface area contributed by atoms with E-state index in [1.807, 2.05) is 17.8 Å². The number of benzene rings is 1. The summed E-state index contributed by atoms with van der Waals surface area (Å²) in [6, 6.07) is 10.4. The molecule has 1 aromatic heterocycles. The van der Waals surface area contributed by atoms with Crippen molar-refractivity contribution in [1.29, 1.82) is 0 Å². The second-order valence-electron chi connectivity index (χ2n) is 5.07. The van der Waals surface area contributed by atoms with E-state index in [1.54, 1.807) is 0 Å². The van der Waals surface area contributed by atoms with Crippen LogP contribution >= 0.6 is 11.6 Å². The fourth-order valence-corrected chi connectivity index (χ4v) is 2.94. The lowest BCUT2D eigenvalue weighted by atomic mass is 9.93. The van der Waals surface area contributed by atoms with Crippen molar-refractivity contribution in [3.8, 4) is 0 Å². The molecule has 0 fully saturated rings. The molecule has 3 nitrogen and oxygen atoms in total. The van der Waals surface area contributed by atoms with Crippen molar-refractivity contribution in [3.05, 3.63) is 52.3 Å². The van der Waals surface area contributed by atoms with Crippen molar-refractivity contribution in [1.82, 2.24) is 9.78 Å². The van der Waals surface area contributed by atoms with Crippen molar-refractivity contribution < 1.29 is 0 Å². The molecule has 0 aliphatic heterocycles. The van der Waals surface area contributed by atoms with Gasteiger partial charge in [0, 0.05) is 7.05 Å². The van der Waals surface area contributed by atoms with Gasteiger partial charge in [-0.2, -0.15) is 5.10 Å². The second kappa shape index (κ2) is 6.91. The maximum atomic E-state index is 6.39. The molecule has 0 spiro atoms. The van der Waals surface area contributed by atoms with Gasteiger partial charge in [-0.15, -0.1) is 0 Å². The predicted octanol–water partition coefficient (Wildman–Crippen LogP) is 3.31. The molecule has 20 heavy (non-hydrogen) atoms. The maximum absolute atomic E-state index is 6.39. The van der Waals surface area contributed by atoms with Gasteiger partial charge in [-0.05, 0) is 37.3 Å². The molecule has 0 bridgehead atoms. The standard InChI is InChI=1S/C16H22ClN3/c1-3-14-16(17)15(20(2)19-14)10-9-13(11-18)12-7-5-4-6-8-12/h4-8,13H,3,9-11,18H2,1-2H3. The third-order valence-corrected chi connectivity index (χ3v) is 4.22. The third-order valence-electron chi connectivity index (χ3n) is 3.79. The highest BCUT2D eigenvalue weighted by Gasteiger charge is 2.15. The first-order valence-electron chi connectivity index (χ1n) is 7.12. The van der Waals surface area contributed by atoms with Gasteiger partial charge in [-0.25, -0.2) is 0 Å². The van der Waals surface area contributed by atoms with Gasteiger partial charge in [-0.3, -0.25) is 4.68 Å². The van der Waals surface area contributed by atoms with E-state index < -0.39 is 0 Å². The largest absolute Gasteiger partial charge is 0.330 e. The van der Waals surface area contributed by atoms with E-state index in [0.29, 0.717) is 12.5 Å². The molecule has 0 aliphatic rings. The summed E-state index contributed by atoms with van der Waals surface area (Å²) in [7, 11) is 1.96. The average molecular weight is 292 g/mol. The van der Waals surface area contributed by atoms with E-state index in [4.69, 9.17) is 17.3 Å². The molecule has 1 heterocycles. The third kappa shape index (κ3) is 3.22. The number of hydrogen-bond acceptors (Lipinski definition) is 2. The summed E-state index contributed by atoms with van der Waals surface area (Å²) in [6.45, 7) is 2.73. The van der Waals surface area contributed by atoms with Crippen molar-refractivity contribution >= 4 is 11.6 Å². The lowest BCUT2D eigenvalue weighted by Gasteiger charge is -2.15. The molecular formula is C16H22ClN3. The smallest absolute Gasteiger partial charge is 0.0849 e. The highest BCUT2D eigenvalue weighted by atomic mass is 35.5. The second-order valence-corrected chi connectivity index (χ2v) is 5.44. The molecular weight excluding hydrogens is 270 g/mol. The van der Waals surface area contributed by atoms with Crippen molar-refractivity contribution in [2.24, 2.45) is 12.8 Å². The lowest BCUT2D eigenvalue weighted by molar-refractivity contribution is 0.602. The summed E-state index contributed by atoms with van der Waals surface area (Å²) < 4.78 is 1.90. The van der Waals surface area contributed by atoms with Crippen LogP contribution in [0.2, 0.25) is 5.02 Å². The number of halogens is 1. The van der Waals surface area contributed by atoms with Crippen LogP contribution in [-0.2, 0) is 19.9 Å². The van der Waals surface area contributed by atoms with E-state index in [-0.39, 0.29) is 0 Å². The number of nitrogens with zero attached hydrogens (tertiary/aromatic N) is 2. The fraction of sp³-hybridized carbons (Fsp3) is 0.438. The van der Waals surface area contributed by atoms with Crippen LogP contribution in [-0.4, -0.2) is 16.3 Å². The van der Waals surface area contributed by atoms with Gasteiger partial charge < -0.3 is 5.73 Å². The van der Waals surface area contributed by atoms with Crippen LogP contribution < -0.4 is 5.73 Å². The Morgan fingerprint density at radius 3 is 2.55 bits per heavy atom. The van der Waals surface area contributed by atoms with Gasteiger partial charge in [0.05, 0.1) is 16.4 Å². The van der Waals surface area contributed by atoms with E-state index in [2.05, 4.69) is 36.3 Å². The van der Waals surface area contributed by atoms with Gasteiger partial charge in [0.2, 0.25) is 0 Å². The summed E-state index contributed by atoms with van der Waals surface area (Å²) in [5, 5.41) is 5.28. The van der Waals surface area contributed by atoms with Gasteiger partial charge in [0.15, 0.2) is 0 Å². The van der Waals surface area contributed by atoms with Crippen molar-refractivity contribution in [2.45, 2.75) is 32.1 Å². The molecule has 2 N–H and O–H groups in total. The zero-order chi connectivity index (χ0) is 14.5. The molecule has 1 aromatic carbocycles. The van der Waals surface area contributed by atoms with Crippen LogP contribution in [0.4, 0.5) is 0 Å². The van der Waals surface area contributed by atoms with Crippen LogP contribution in [0, 0.1) is 0 Å². The topological polar surface area (TPSA) is 43.8 Å². The zero-order valence-electron chi connectivity index (χ0n) is 12.1. The first kappa shape index (κ1) is 15.1. The molecule has 1 atom stereocenters. The minimum Gasteiger partial charge on any atom is -0.330 e. The van der Waals surface area contributed by atoms with Gasteiger partial charge in [-0.1, -0.05) is 48.9 Å². The zero-order valence-corrected chi connectivity index (χ0v) is 12.9. The Hall–Kier alpha value is -1.32. The molecule has 0 saturated carbocycles. The van der Waals surface area contributed by atoms with Crippen molar-refractivity contribution in [2.75, 3.05) is 6.54 Å². The Morgan fingerprint density at radius 1 is 1.30 bits per heavy atom. The molecule has 0 radical (unpaired) electrons. The monoisotopic (exact) mass is 291 g/mol. The molecule has 0 aliphatic carbocycles. The van der Waals surface area contributed by atoms with Gasteiger partial charge >= 0.3 is 0 Å². The maximum Gasteiger partial charge on any atom is 0.0849 e. The number of aromatic nitrogens is 2. The Kier molecular flexibility index (Phi) is 5.21. The van der Waals surface area contributed by atoms with Crippen LogP contribution in [0.25, 0.3) is 0 Å². The Labute approximate surface area is 125 Å². The minimum absolute atomic E-state index is 0.368. The highest BCUT2D eigenvalue weighted by Crippen LogP contribution is 2.26. The Bertz CT molecular complexity index is 548. The molecule has 2 rings (SSSR count). The van der Waals surface area contributed by atoms with Gasteiger partial charge in [0.25, 0.3) is 0 Å². The molecule has 0 saturated heterocycles. The lowest BCUT2D eigenvalue weighted by Crippen LogP contribution is -2.14. The quantitative estimate of drug-likeness (QED) is 0.887. The number of rotatable bonds is 6. The first-order chi connectivity index (χ1) is 9.67.